The number of nitrogens with one attached hydrogen (secondary N) is 1. The summed E-state index contributed by atoms with van der Waals surface area (Å²) in [6.07, 6.45) is 6.46. The van der Waals surface area contributed by atoms with Crippen molar-refractivity contribution in [1.29, 1.82) is 0 Å². The van der Waals surface area contributed by atoms with E-state index in [0.717, 1.165) is 38.6 Å². The monoisotopic (exact) mass is 492 g/mol. The summed E-state index contributed by atoms with van der Waals surface area (Å²) in [4.78, 5) is 45.5. The van der Waals surface area contributed by atoms with Crippen LogP contribution in [0.4, 0.5) is 0 Å². The highest BCUT2D eigenvalue weighted by Gasteiger charge is 2.39. The molecule has 2 rings (SSSR count). The molecule has 2 aliphatic rings. The summed E-state index contributed by atoms with van der Waals surface area (Å²) in [7, 11) is 3.72. The number of hydrogen-bond donors (Lipinski definition) is 2. The third-order valence-corrected chi connectivity index (χ3v) is 7.56. The van der Waals surface area contributed by atoms with Crippen LogP contribution in [-0.2, 0) is 14.4 Å². The predicted octanol–water partition coefficient (Wildman–Crippen LogP) is 2.41. The Morgan fingerprint density at radius 2 is 1.77 bits per heavy atom. The molecule has 0 aromatic carbocycles. The van der Waals surface area contributed by atoms with Gasteiger partial charge in [0.05, 0.1) is 24.7 Å². The Morgan fingerprint density at radius 1 is 1.11 bits per heavy atom. The van der Waals surface area contributed by atoms with Crippen molar-refractivity contribution in [2.24, 2.45) is 11.3 Å². The summed E-state index contributed by atoms with van der Waals surface area (Å²) >= 11 is 0. The number of aliphatic hydroxyl groups is 1. The smallest absolute Gasteiger partial charge is 0.249 e. The second-order valence-corrected chi connectivity index (χ2v) is 11.8. The number of rotatable bonds is 8. The molecule has 0 aromatic rings. The number of aliphatic hydroxyl groups excluding tert-OH is 1. The number of piperidine rings is 1. The van der Waals surface area contributed by atoms with Crippen molar-refractivity contribution in [2.75, 3.05) is 33.8 Å². The van der Waals surface area contributed by atoms with Gasteiger partial charge in [0.1, 0.15) is 6.04 Å². The van der Waals surface area contributed by atoms with E-state index in [2.05, 4.69) is 10.2 Å². The zero-order chi connectivity index (χ0) is 26.5. The van der Waals surface area contributed by atoms with Gasteiger partial charge < -0.3 is 20.2 Å². The van der Waals surface area contributed by atoms with Gasteiger partial charge in [0.2, 0.25) is 17.7 Å². The van der Waals surface area contributed by atoms with Crippen LogP contribution in [-0.4, -0.2) is 95.5 Å². The largest absolute Gasteiger partial charge is 0.394 e. The molecule has 0 bridgehead atoms. The number of likely N-dealkylation sites (N-methyl/N-ethyl adjacent to an activating group) is 2. The first-order valence-electron chi connectivity index (χ1n) is 13.2. The second-order valence-electron chi connectivity index (χ2n) is 11.8. The molecule has 8 heteroatoms. The molecule has 0 spiro atoms. The SMILES string of the molecule is C/C(=C\[C@H](C(C)C)N(C)C(=O)C(NC(=O)C1CCCCN1C)C(C)(C)C)C(=O)N1CCCC1CO. The maximum absolute atomic E-state index is 13.8. The fraction of sp³-hybridized carbons (Fsp3) is 0.815. The third-order valence-electron chi connectivity index (χ3n) is 7.56. The van der Waals surface area contributed by atoms with E-state index >= 15 is 0 Å². The topological polar surface area (TPSA) is 93.2 Å². The second kappa shape index (κ2) is 12.3. The van der Waals surface area contributed by atoms with Gasteiger partial charge in [-0.1, -0.05) is 47.1 Å². The molecule has 2 saturated heterocycles. The summed E-state index contributed by atoms with van der Waals surface area (Å²) in [5.41, 5.74) is 0.0951. The molecule has 0 saturated carbocycles. The van der Waals surface area contributed by atoms with Crippen LogP contribution in [0.15, 0.2) is 11.6 Å². The summed E-state index contributed by atoms with van der Waals surface area (Å²) < 4.78 is 0. The molecule has 2 heterocycles. The fourth-order valence-electron chi connectivity index (χ4n) is 5.24. The minimum absolute atomic E-state index is 0.0336. The summed E-state index contributed by atoms with van der Waals surface area (Å²) in [5, 5.41) is 12.7. The molecule has 2 N–H and O–H groups in total. The molecular formula is C27H48N4O4. The van der Waals surface area contributed by atoms with Gasteiger partial charge in [-0.3, -0.25) is 19.3 Å². The molecule has 35 heavy (non-hydrogen) atoms. The minimum atomic E-state index is -0.682. The molecule has 0 radical (unpaired) electrons. The van der Waals surface area contributed by atoms with Gasteiger partial charge in [0, 0.05) is 19.2 Å². The van der Waals surface area contributed by atoms with E-state index < -0.39 is 11.5 Å². The number of nitrogens with zero attached hydrogens (tertiary/aromatic N) is 3. The van der Waals surface area contributed by atoms with E-state index in [0.29, 0.717) is 12.1 Å². The Labute approximate surface area is 212 Å². The standard InChI is InChI=1S/C27H48N4O4/c1-18(2)22(16-19(3)25(34)31-15-11-12-20(31)17-32)30(8)26(35)23(27(4,5)6)28-24(33)21-13-9-10-14-29(21)7/h16,18,20-23,32H,9-15,17H2,1-8H3,(H,28,33)/b19-16+/t20?,21?,22-,23?/m1/s1. The normalized spacial score (nSPS) is 23.8. The van der Waals surface area contributed by atoms with Crippen molar-refractivity contribution in [3.63, 3.8) is 0 Å². The van der Waals surface area contributed by atoms with Crippen LogP contribution < -0.4 is 5.32 Å². The molecule has 0 aliphatic carbocycles. The molecule has 2 fully saturated rings. The fourth-order valence-corrected chi connectivity index (χ4v) is 5.24. The maximum Gasteiger partial charge on any atom is 0.249 e. The van der Waals surface area contributed by atoms with Crippen molar-refractivity contribution in [1.82, 2.24) is 20.0 Å². The molecule has 3 amide bonds. The van der Waals surface area contributed by atoms with Crippen LogP contribution >= 0.6 is 0 Å². The van der Waals surface area contributed by atoms with Crippen LogP contribution in [0.5, 0.6) is 0 Å². The van der Waals surface area contributed by atoms with Crippen molar-refractivity contribution in [3.8, 4) is 0 Å². The van der Waals surface area contributed by atoms with E-state index in [1.165, 1.54) is 0 Å². The number of carbonyl (C=O) groups excluding carboxylic acids is 3. The lowest BCUT2D eigenvalue weighted by Crippen LogP contribution is -2.59. The summed E-state index contributed by atoms with van der Waals surface area (Å²) in [6, 6.07) is -1.34. The number of likely N-dealkylation sites (tertiary alicyclic amines) is 2. The van der Waals surface area contributed by atoms with Gasteiger partial charge in [-0.2, -0.15) is 0 Å². The Hall–Kier alpha value is -1.93. The van der Waals surface area contributed by atoms with E-state index in [9.17, 15) is 19.5 Å². The van der Waals surface area contributed by atoms with Crippen LogP contribution in [0, 0.1) is 11.3 Å². The van der Waals surface area contributed by atoms with Crippen LogP contribution in [0.25, 0.3) is 0 Å². The quantitative estimate of drug-likeness (QED) is 0.508. The highest BCUT2D eigenvalue weighted by molar-refractivity contribution is 5.94. The summed E-state index contributed by atoms with van der Waals surface area (Å²) in [6.45, 7) is 13.2. The Balaban J connectivity index is 2.23. The number of amides is 3. The van der Waals surface area contributed by atoms with E-state index in [1.807, 2.05) is 47.7 Å². The summed E-state index contributed by atoms with van der Waals surface area (Å²) in [5.74, 6) is -0.274. The van der Waals surface area contributed by atoms with Crippen molar-refractivity contribution < 1.29 is 19.5 Å². The average molecular weight is 493 g/mol. The average Bonchev–Trinajstić information content (AvgIpc) is 3.27. The highest BCUT2D eigenvalue weighted by Crippen LogP contribution is 2.26. The van der Waals surface area contributed by atoms with Crippen molar-refractivity contribution in [3.05, 3.63) is 11.6 Å². The molecular weight excluding hydrogens is 444 g/mol. The van der Waals surface area contributed by atoms with Gasteiger partial charge in [-0.25, -0.2) is 0 Å². The lowest BCUT2D eigenvalue weighted by Gasteiger charge is -2.39. The van der Waals surface area contributed by atoms with Crippen LogP contribution in [0.2, 0.25) is 0 Å². The Morgan fingerprint density at radius 3 is 2.31 bits per heavy atom. The molecule has 8 nitrogen and oxygen atoms in total. The lowest BCUT2D eigenvalue weighted by atomic mass is 9.84. The van der Waals surface area contributed by atoms with Crippen molar-refractivity contribution >= 4 is 17.7 Å². The van der Waals surface area contributed by atoms with E-state index in [1.54, 1.807) is 23.8 Å². The molecule has 0 aromatic heterocycles. The van der Waals surface area contributed by atoms with Gasteiger partial charge in [0.25, 0.3) is 0 Å². The van der Waals surface area contributed by atoms with E-state index in [-0.39, 0.29) is 48.4 Å². The number of hydrogen-bond acceptors (Lipinski definition) is 5. The van der Waals surface area contributed by atoms with Gasteiger partial charge >= 0.3 is 0 Å². The maximum atomic E-state index is 13.8. The first-order chi connectivity index (χ1) is 16.3. The zero-order valence-electron chi connectivity index (χ0n) is 23.1. The van der Waals surface area contributed by atoms with Gasteiger partial charge in [-0.15, -0.1) is 0 Å². The first-order valence-corrected chi connectivity index (χ1v) is 13.2. The Bertz CT molecular complexity index is 789. The Kier molecular flexibility index (Phi) is 10.3. The molecule has 3 unspecified atom stereocenters. The molecule has 4 atom stereocenters. The zero-order valence-corrected chi connectivity index (χ0v) is 23.1. The highest BCUT2D eigenvalue weighted by atomic mass is 16.3. The van der Waals surface area contributed by atoms with Crippen molar-refractivity contribution in [2.45, 2.75) is 97.8 Å². The molecule has 200 valence electrons. The van der Waals surface area contributed by atoms with Crippen LogP contribution in [0.3, 0.4) is 0 Å². The lowest BCUT2D eigenvalue weighted by molar-refractivity contribution is -0.141. The number of carbonyl (C=O) groups is 3. The van der Waals surface area contributed by atoms with Crippen LogP contribution in [0.1, 0.15) is 73.6 Å². The van der Waals surface area contributed by atoms with Gasteiger partial charge in [0.15, 0.2) is 0 Å². The van der Waals surface area contributed by atoms with Gasteiger partial charge in [-0.05, 0) is 57.5 Å². The third kappa shape index (κ3) is 7.29. The molecule has 2 aliphatic heterocycles. The first kappa shape index (κ1) is 29.3. The minimum Gasteiger partial charge on any atom is -0.394 e. The van der Waals surface area contributed by atoms with E-state index in [4.69, 9.17) is 0 Å². The predicted molar refractivity (Wildman–Crippen MR) is 139 cm³/mol.